The van der Waals surface area contributed by atoms with Gasteiger partial charge in [0.15, 0.2) is 0 Å². The molecule has 0 aliphatic heterocycles. The van der Waals surface area contributed by atoms with Crippen molar-refractivity contribution in [2.45, 2.75) is 26.3 Å². The highest BCUT2D eigenvalue weighted by atomic mass is 16.1. The van der Waals surface area contributed by atoms with Gasteiger partial charge in [0.1, 0.15) is 0 Å². The Balaban J connectivity index is 3.58. The van der Waals surface area contributed by atoms with Crippen LogP contribution in [-0.4, -0.2) is 36.5 Å². The van der Waals surface area contributed by atoms with Crippen molar-refractivity contribution in [2.24, 2.45) is 11.5 Å². The van der Waals surface area contributed by atoms with Gasteiger partial charge in [0, 0.05) is 6.54 Å². The summed E-state index contributed by atoms with van der Waals surface area (Å²) in [5.41, 5.74) is 10.5. The van der Waals surface area contributed by atoms with Gasteiger partial charge in [0.05, 0.1) is 6.04 Å². The molecule has 0 bridgehead atoms. The van der Waals surface area contributed by atoms with E-state index in [1.165, 1.54) is 0 Å². The minimum absolute atomic E-state index is 0.415. The minimum atomic E-state index is -0.495. The quantitative estimate of drug-likeness (QED) is 0.570. The molecule has 0 saturated carbocycles. The summed E-state index contributed by atoms with van der Waals surface area (Å²) >= 11 is 0. The monoisotopic (exact) mass is 173 g/mol. The maximum Gasteiger partial charge on any atom is 0.234 e. The molecule has 1 amide bonds. The van der Waals surface area contributed by atoms with Gasteiger partial charge in [0.25, 0.3) is 0 Å². The molecule has 0 spiro atoms. The van der Waals surface area contributed by atoms with Gasteiger partial charge in [-0.1, -0.05) is 13.8 Å². The predicted molar refractivity (Wildman–Crippen MR) is 49.6 cm³/mol. The Bertz CT molecular complexity index is 134. The van der Waals surface area contributed by atoms with Crippen molar-refractivity contribution < 1.29 is 4.79 Å². The zero-order valence-corrected chi connectivity index (χ0v) is 7.92. The summed E-state index contributed by atoms with van der Waals surface area (Å²) in [6.45, 7) is 6.99. The molecule has 0 radical (unpaired) electrons. The number of nitrogens with zero attached hydrogens (tertiary/aromatic N) is 1. The van der Waals surface area contributed by atoms with Gasteiger partial charge in [-0.3, -0.25) is 4.79 Å². The van der Waals surface area contributed by atoms with Crippen LogP contribution in [0.2, 0.25) is 0 Å². The zero-order chi connectivity index (χ0) is 9.56. The van der Waals surface area contributed by atoms with Crippen LogP contribution in [0.3, 0.4) is 0 Å². The number of carbonyl (C=O) groups excluding carboxylic acids is 1. The van der Waals surface area contributed by atoms with Gasteiger partial charge in [0.2, 0.25) is 5.91 Å². The van der Waals surface area contributed by atoms with Crippen molar-refractivity contribution >= 4 is 5.91 Å². The fraction of sp³-hybridized carbons (Fsp3) is 0.875. The number of rotatable bonds is 6. The van der Waals surface area contributed by atoms with Crippen molar-refractivity contribution in [3.05, 3.63) is 0 Å². The van der Waals surface area contributed by atoms with E-state index in [1.807, 2.05) is 0 Å². The van der Waals surface area contributed by atoms with Gasteiger partial charge in [-0.15, -0.1) is 0 Å². The number of primary amides is 1. The van der Waals surface area contributed by atoms with Crippen LogP contribution in [0.25, 0.3) is 0 Å². The zero-order valence-electron chi connectivity index (χ0n) is 7.92. The molecule has 0 aromatic heterocycles. The summed E-state index contributed by atoms with van der Waals surface area (Å²) in [4.78, 5) is 12.8. The average Bonchev–Trinajstić information content (AvgIpc) is 2.05. The molecule has 4 nitrogen and oxygen atoms in total. The van der Waals surface area contributed by atoms with Crippen LogP contribution in [0.1, 0.15) is 20.3 Å². The fourth-order valence-corrected chi connectivity index (χ4v) is 1.00. The molecule has 0 heterocycles. The first-order valence-corrected chi connectivity index (χ1v) is 4.39. The van der Waals surface area contributed by atoms with E-state index in [4.69, 9.17) is 11.5 Å². The third kappa shape index (κ3) is 4.31. The summed E-state index contributed by atoms with van der Waals surface area (Å²) in [6.07, 6.45) is 0.650. The third-order valence-corrected chi connectivity index (χ3v) is 2.02. The number of nitrogens with two attached hydrogens (primary N) is 2. The average molecular weight is 173 g/mol. The Morgan fingerprint density at radius 2 is 1.92 bits per heavy atom. The minimum Gasteiger partial charge on any atom is -0.368 e. The summed E-state index contributed by atoms with van der Waals surface area (Å²) < 4.78 is 0. The molecule has 0 fully saturated rings. The van der Waals surface area contributed by atoms with Crippen molar-refractivity contribution in [1.82, 2.24) is 4.90 Å². The predicted octanol–water partition coefficient (Wildman–Crippen LogP) is -0.469. The lowest BCUT2D eigenvalue weighted by molar-refractivity contribution is -0.119. The smallest absolute Gasteiger partial charge is 0.234 e. The molecule has 1 atom stereocenters. The van der Waals surface area contributed by atoms with Crippen LogP contribution in [0.4, 0.5) is 0 Å². The van der Waals surface area contributed by atoms with Gasteiger partial charge in [-0.25, -0.2) is 0 Å². The molecule has 0 aliphatic rings. The third-order valence-electron chi connectivity index (χ3n) is 2.02. The van der Waals surface area contributed by atoms with E-state index in [2.05, 4.69) is 18.7 Å². The van der Waals surface area contributed by atoms with Gasteiger partial charge >= 0.3 is 0 Å². The largest absolute Gasteiger partial charge is 0.368 e. The van der Waals surface area contributed by atoms with E-state index >= 15 is 0 Å². The van der Waals surface area contributed by atoms with Crippen molar-refractivity contribution in [2.75, 3.05) is 19.6 Å². The highest BCUT2D eigenvalue weighted by molar-refractivity contribution is 5.79. The van der Waals surface area contributed by atoms with E-state index in [0.717, 1.165) is 19.6 Å². The SMILES string of the molecule is CCN(CC)CC[C@@H](N)C(N)=O. The summed E-state index contributed by atoms with van der Waals surface area (Å²) in [5.74, 6) is -0.415. The summed E-state index contributed by atoms with van der Waals surface area (Å²) in [6, 6.07) is -0.495. The number of amides is 1. The second-order valence-electron chi connectivity index (χ2n) is 2.82. The molecule has 0 aromatic rings. The fourth-order valence-electron chi connectivity index (χ4n) is 1.00. The van der Waals surface area contributed by atoms with Crippen LogP contribution in [0.15, 0.2) is 0 Å². The van der Waals surface area contributed by atoms with Gasteiger partial charge in [-0.2, -0.15) is 0 Å². The van der Waals surface area contributed by atoms with Crippen LogP contribution in [-0.2, 0) is 4.79 Å². The Hall–Kier alpha value is -0.610. The van der Waals surface area contributed by atoms with E-state index in [-0.39, 0.29) is 0 Å². The highest BCUT2D eigenvalue weighted by Crippen LogP contribution is 1.93. The van der Waals surface area contributed by atoms with Crippen LogP contribution < -0.4 is 11.5 Å². The number of hydrogen-bond donors (Lipinski definition) is 2. The lowest BCUT2D eigenvalue weighted by Crippen LogP contribution is -2.39. The van der Waals surface area contributed by atoms with Crippen molar-refractivity contribution in [1.29, 1.82) is 0 Å². The molecule has 4 heteroatoms. The van der Waals surface area contributed by atoms with Crippen LogP contribution in [0.5, 0.6) is 0 Å². The summed E-state index contributed by atoms with van der Waals surface area (Å²) in [5, 5.41) is 0. The lowest BCUT2D eigenvalue weighted by atomic mass is 10.2. The van der Waals surface area contributed by atoms with Crippen molar-refractivity contribution in [3.8, 4) is 0 Å². The maximum absolute atomic E-state index is 10.6. The maximum atomic E-state index is 10.6. The molecular formula is C8H19N3O. The topological polar surface area (TPSA) is 72.3 Å². The number of hydrogen-bond acceptors (Lipinski definition) is 3. The molecule has 0 unspecified atom stereocenters. The molecular weight excluding hydrogens is 154 g/mol. The lowest BCUT2D eigenvalue weighted by Gasteiger charge is -2.18. The standard InChI is InChI=1S/C8H19N3O/c1-3-11(4-2)6-5-7(9)8(10)12/h7H,3-6,9H2,1-2H3,(H2,10,12)/t7-/m1/s1. The molecule has 72 valence electrons. The molecule has 0 aliphatic carbocycles. The Labute approximate surface area is 73.9 Å². The second-order valence-corrected chi connectivity index (χ2v) is 2.82. The molecule has 0 saturated heterocycles. The van der Waals surface area contributed by atoms with E-state index < -0.39 is 11.9 Å². The highest BCUT2D eigenvalue weighted by Gasteiger charge is 2.09. The van der Waals surface area contributed by atoms with Crippen LogP contribution in [0, 0.1) is 0 Å². The first-order valence-electron chi connectivity index (χ1n) is 4.39. The van der Waals surface area contributed by atoms with E-state index in [0.29, 0.717) is 6.42 Å². The normalized spacial score (nSPS) is 13.3. The van der Waals surface area contributed by atoms with Crippen molar-refractivity contribution in [3.63, 3.8) is 0 Å². The van der Waals surface area contributed by atoms with Gasteiger partial charge in [-0.05, 0) is 19.5 Å². The Morgan fingerprint density at radius 1 is 1.42 bits per heavy atom. The van der Waals surface area contributed by atoms with E-state index in [1.54, 1.807) is 0 Å². The molecule has 4 N–H and O–H groups in total. The summed E-state index contributed by atoms with van der Waals surface area (Å²) in [7, 11) is 0. The van der Waals surface area contributed by atoms with Crippen LogP contribution >= 0.6 is 0 Å². The molecule has 0 aromatic carbocycles. The van der Waals surface area contributed by atoms with Gasteiger partial charge < -0.3 is 16.4 Å². The Morgan fingerprint density at radius 3 is 2.25 bits per heavy atom. The number of carbonyl (C=O) groups is 1. The first kappa shape index (κ1) is 11.4. The Kier molecular flexibility index (Phi) is 5.66. The van der Waals surface area contributed by atoms with E-state index in [9.17, 15) is 4.79 Å². The first-order chi connectivity index (χ1) is 5.61. The molecule has 12 heavy (non-hydrogen) atoms. The second kappa shape index (κ2) is 5.97. The molecule has 0 rings (SSSR count).